The van der Waals surface area contributed by atoms with Crippen molar-refractivity contribution in [3.05, 3.63) is 11.6 Å². The second kappa shape index (κ2) is 4.40. The van der Waals surface area contributed by atoms with E-state index < -0.39 is 0 Å². The zero-order chi connectivity index (χ0) is 11.8. The molecule has 1 aliphatic heterocycles. The van der Waals surface area contributed by atoms with Crippen molar-refractivity contribution in [1.82, 2.24) is 0 Å². The molecule has 3 rings (SSSR count). The largest absolute Gasteiger partial charge is 0.349 e. The summed E-state index contributed by atoms with van der Waals surface area (Å²) in [6, 6.07) is 0. The molecular weight excluding hydrogens is 212 g/mol. The van der Waals surface area contributed by atoms with Gasteiger partial charge >= 0.3 is 0 Å². The van der Waals surface area contributed by atoms with E-state index in [9.17, 15) is 0 Å². The number of hydrogen-bond acceptors (Lipinski definition) is 2. The number of allylic oxidation sites excluding steroid dienone is 1. The van der Waals surface area contributed by atoms with Crippen LogP contribution in [0.15, 0.2) is 11.6 Å². The third-order valence-corrected chi connectivity index (χ3v) is 4.99. The predicted octanol–water partition coefficient (Wildman–Crippen LogP) is 3.81. The first-order valence-electron chi connectivity index (χ1n) is 7.30. The first-order valence-corrected chi connectivity index (χ1v) is 7.30. The van der Waals surface area contributed by atoms with E-state index in [1.165, 1.54) is 44.9 Å². The van der Waals surface area contributed by atoms with E-state index in [0.717, 1.165) is 19.6 Å². The van der Waals surface area contributed by atoms with Crippen molar-refractivity contribution in [2.45, 2.75) is 64.1 Å². The zero-order valence-electron chi connectivity index (χ0n) is 11.0. The van der Waals surface area contributed by atoms with E-state index in [1.807, 2.05) is 0 Å². The fourth-order valence-corrected chi connectivity index (χ4v) is 4.29. The summed E-state index contributed by atoms with van der Waals surface area (Å²) in [4.78, 5) is 0. The molecule has 0 bridgehead atoms. The highest BCUT2D eigenvalue weighted by Gasteiger charge is 2.61. The molecule has 2 aliphatic carbocycles. The van der Waals surface area contributed by atoms with Gasteiger partial charge in [0.2, 0.25) is 0 Å². The molecule has 1 heterocycles. The summed E-state index contributed by atoms with van der Waals surface area (Å²) in [5, 5.41) is 0. The number of rotatable bonds is 3. The van der Waals surface area contributed by atoms with Gasteiger partial charge in [0.25, 0.3) is 0 Å². The first-order chi connectivity index (χ1) is 8.33. The number of hydrogen-bond donors (Lipinski definition) is 0. The maximum absolute atomic E-state index is 6.11. The molecule has 0 aromatic heterocycles. The van der Waals surface area contributed by atoms with Crippen LogP contribution in [0.2, 0.25) is 0 Å². The molecule has 2 atom stereocenters. The van der Waals surface area contributed by atoms with Crippen molar-refractivity contribution in [2.75, 3.05) is 13.2 Å². The van der Waals surface area contributed by atoms with Crippen LogP contribution in [0, 0.1) is 5.41 Å². The van der Waals surface area contributed by atoms with Crippen molar-refractivity contribution < 1.29 is 9.47 Å². The third-order valence-electron chi connectivity index (χ3n) is 4.99. The van der Waals surface area contributed by atoms with E-state index >= 15 is 0 Å². The van der Waals surface area contributed by atoms with E-state index in [4.69, 9.17) is 9.47 Å². The van der Waals surface area contributed by atoms with Gasteiger partial charge in [-0.2, -0.15) is 0 Å². The fourth-order valence-electron chi connectivity index (χ4n) is 4.29. The lowest BCUT2D eigenvalue weighted by atomic mass is 9.70. The zero-order valence-corrected chi connectivity index (χ0v) is 11.0. The Labute approximate surface area is 104 Å². The monoisotopic (exact) mass is 236 g/mol. The van der Waals surface area contributed by atoms with E-state index in [2.05, 4.69) is 13.0 Å². The smallest absolute Gasteiger partial charge is 0.177 e. The minimum Gasteiger partial charge on any atom is -0.349 e. The van der Waals surface area contributed by atoms with Gasteiger partial charge in [-0.15, -0.1) is 0 Å². The summed E-state index contributed by atoms with van der Waals surface area (Å²) in [5.41, 5.74) is 1.90. The van der Waals surface area contributed by atoms with Gasteiger partial charge < -0.3 is 9.47 Å². The molecule has 0 aromatic rings. The molecule has 0 radical (unpaired) electrons. The van der Waals surface area contributed by atoms with Gasteiger partial charge in [-0.05, 0) is 51.9 Å². The quantitative estimate of drug-likeness (QED) is 0.694. The molecule has 1 saturated carbocycles. The number of ether oxygens (including phenoxy) is 2. The molecule has 2 fully saturated rings. The summed E-state index contributed by atoms with van der Waals surface area (Å²) in [5.74, 6) is -0.259. The average Bonchev–Trinajstić information content (AvgIpc) is 2.86. The van der Waals surface area contributed by atoms with Crippen molar-refractivity contribution in [2.24, 2.45) is 5.41 Å². The lowest BCUT2D eigenvalue weighted by Crippen LogP contribution is -2.44. The number of fused-ring (bicyclic) bond motifs is 1. The Hall–Kier alpha value is -0.340. The molecule has 96 valence electrons. The first kappa shape index (κ1) is 11.7. The SMILES string of the molecule is CCOC12CCCC1(C1=CCCCC1)CCO2. The van der Waals surface area contributed by atoms with Crippen molar-refractivity contribution >= 4 is 0 Å². The van der Waals surface area contributed by atoms with Crippen LogP contribution in [0.25, 0.3) is 0 Å². The van der Waals surface area contributed by atoms with E-state index in [1.54, 1.807) is 5.57 Å². The van der Waals surface area contributed by atoms with Crippen LogP contribution in [0.3, 0.4) is 0 Å². The second-order valence-corrected chi connectivity index (χ2v) is 5.70. The van der Waals surface area contributed by atoms with E-state index in [-0.39, 0.29) is 11.2 Å². The van der Waals surface area contributed by atoms with Crippen LogP contribution in [0.1, 0.15) is 58.3 Å². The van der Waals surface area contributed by atoms with Crippen LogP contribution < -0.4 is 0 Å². The topological polar surface area (TPSA) is 18.5 Å². The normalized spacial score (nSPS) is 41.4. The van der Waals surface area contributed by atoms with Gasteiger partial charge in [0, 0.05) is 18.4 Å². The Morgan fingerprint density at radius 3 is 2.94 bits per heavy atom. The standard InChI is InChI=1S/C15H24O2/c1-2-16-15-10-6-9-14(15,11-12-17-15)13-7-4-3-5-8-13/h7H,2-6,8-12H2,1H3. The van der Waals surface area contributed by atoms with Crippen LogP contribution >= 0.6 is 0 Å². The molecule has 2 heteroatoms. The molecule has 0 amide bonds. The van der Waals surface area contributed by atoms with Crippen molar-refractivity contribution in [3.8, 4) is 0 Å². The van der Waals surface area contributed by atoms with Crippen LogP contribution in [-0.4, -0.2) is 19.0 Å². The summed E-state index contributed by atoms with van der Waals surface area (Å²) in [7, 11) is 0. The van der Waals surface area contributed by atoms with E-state index in [0.29, 0.717) is 0 Å². The lowest BCUT2D eigenvalue weighted by molar-refractivity contribution is -0.237. The maximum Gasteiger partial charge on any atom is 0.177 e. The lowest BCUT2D eigenvalue weighted by Gasteiger charge is -2.41. The predicted molar refractivity (Wildman–Crippen MR) is 67.8 cm³/mol. The Kier molecular flexibility index (Phi) is 3.04. The molecule has 0 aromatic carbocycles. The minimum atomic E-state index is -0.259. The van der Waals surface area contributed by atoms with Crippen LogP contribution in [-0.2, 0) is 9.47 Å². The Morgan fingerprint density at radius 2 is 2.18 bits per heavy atom. The highest BCUT2D eigenvalue weighted by atomic mass is 16.7. The van der Waals surface area contributed by atoms with Gasteiger partial charge in [-0.1, -0.05) is 11.6 Å². The molecule has 3 aliphatic rings. The third kappa shape index (κ3) is 1.61. The molecular formula is C15H24O2. The molecule has 0 N–H and O–H groups in total. The maximum atomic E-state index is 6.11. The fraction of sp³-hybridized carbons (Fsp3) is 0.867. The van der Waals surface area contributed by atoms with Gasteiger partial charge in [0.05, 0.1) is 6.61 Å². The van der Waals surface area contributed by atoms with Gasteiger partial charge in [-0.3, -0.25) is 0 Å². The minimum absolute atomic E-state index is 0.240. The van der Waals surface area contributed by atoms with Gasteiger partial charge in [-0.25, -0.2) is 0 Å². The molecule has 2 unspecified atom stereocenters. The highest BCUT2D eigenvalue weighted by molar-refractivity contribution is 5.25. The van der Waals surface area contributed by atoms with Crippen molar-refractivity contribution in [3.63, 3.8) is 0 Å². The summed E-state index contributed by atoms with van der Waals surface area (Å²) < 4.78 is 12.2. The average molecular weight is 236 g/mol. The summed E-state index contributed by atoms with van der Waals surface area (Å²) in [6.45, 7) is 3.75. The Morgan fingerprint density at radius 1 is 1.24 bits per heavy atom. The second-order valence-electron chi connectivity index (χ2n) is 5.70. The summed E-state index contributed by atoms with van der Waals surface area (Å²) >= 11 is 0. The Bertz CT molecular complexity index is 309. The van der Waals surface area contributed by atoms with Gasteiger partial charge in [0.1, 0.15) is 0 Å². The van der Waals surface area contributed by atoms with Crippen LogP contribution in [0.4, 0.5) is 0 Å². The Balaban J connectivity index is 1.95. The molecule has 2 nitrogen and oxygen atoms in total. The molecule has 17 heavy (non-hydrogen) atoms. The van der Waals surface area contributed by atoms with Crippen molar-refractivity contribution in [1.29, 1.82) is 0 Å². The van der Waals surface area contributed by atoms with Crippen LogP contribution in [0.5, 0.6) is 0 Å². The molecule has 1 saturated heterocycles. The molecule has 0 spiro atoms. The summed E-state index contributed by atoms with van der Waals surface area (Å²) in [6.07, 6.45) is 12.6. The van der Waals surface area contributed by atoms with Gasteiger partial charge in [0.15, 0.2) is 5.79 Å². The highest BCUT2D eigenvalue weighted by Crippen LogP contribution is 2.61.